The second-order valence-corrected chi connectivity index (χ2v) is 9.13. The third-order valence-corrected chi connectivity index (χ3v) is 6.36. The van der Waals surface area contributed by atoms with Crippen molar-refractivity contribution in [2.75, 3.05) is 6.61 Å². The number of halogens is 1. The second kappa shape index (κ2) is 9.50. The summed E-state index contributed by atoms with van der Waals surface area (Å²) in [6, 6.07) is 14.0. The van der Waals surface area contributed by atoms with Gasteiger partial charge in [-0.25, -0.2) is 9.78 Å². The second-order valence-electron chi connectivity index (χ2n) is 6.72. The Morgan fingerprint density at radius 1 is 1.31 bits per heavy atom. The lowest BCUT2D eigenvalue weighted by molar-refractivity contribution is -0.139. The summed E-state index contributed by atoms with van der Waals surface area (Å²) in [7, 11) is 0. The lowest BCUT2D eigenvalue weighted by atomic mass is 9.97. The molecule has 3 rings (SSSR count). The van der Waals surface area contributed by atoms with E-state index >= 15 is 0 Å². The van der Waals surface area contributed by atoms with Crippen molar-refractivity contribution in [1.29, 1.82) is 0 Å². The highest BCUT2D eigenvalue weighted by atomic mass is 79.9. The van der Waals surface area contributed by atoms with E-state index < -0.39 is 10.7 Å². The predicted octanol–water partition coefficient (Wildman–Crippen LogP) is 5.91. The number of carboxylic acid groups (broad SMARTS) is 1. The largest absolute Gasteiger partial charge is 0.482 e. The van der Waals surface area contributed by atoms with E-state index in [1.807, 2.05) is 24.3 Å². The standard InChI is InChI=1S/C22H22BrNO4S/c1-3-5-15-10-18(8-9-19(15)28-13-21(25)26)29-22(2,20-12-27-14-24-20)16-6-4-7-17(23)11-16/h4,6-12,14H,3,5,13H2,1-2H3,(H,25,26). The number of aryl methyl sites for hydroxylation is 1. The molecule has 1 atom stereocenters. The van der Waals surface area contributed by atoms with Crippen molar-refractivity contribution in [3.05, 3.63) is 76.4 Å². The number of aliphatic carboxylic acids is 1. The predicted molar refractivity (Wildman–Crippen MR) is 117 cm³/mol. The van der Waals surface area contributed by atoms with Crippen molar-refractivity contribution < 1.29 is 19.1 Å². The van der Waals surface area contributed by atoms with Crippen LogP contribution in [0.2, 0.25) is 0 Å². The van der Waals surface area contributed by atoms with Gasteiger partial charge in [0.05, 0.1) is 10.4 Å². The van der Waals surface area contributed by atoms with E-state index in [1.54, 1.807) is 18.0 Å². The highest BCUT2D eigenvalue weighted by Gasteiger charge is 2.33. The molecular formula is C22H22BrNO4S. The summed E-state index contributed by atoms with van der Waals surface area (Å²) in [5.74, 6) is -0.372. The molecule has 2 aromatic carbocycles. The van der Waals surface area contributed by atoms with E-state index in [-0.39, 0.29) is 6.61 Å². The van der Waals surface area contributed by atoms with Gasteiger partial charge in [0, 0.05) is 9.37 Å². The fourth-order valence-electron chi connectivity index (χ4n) is 3.09. The Morgan fingerprint density at radius 2 is 2.14 bits per heavy atom. The molecule has 0 amide bonds. The minimum absolute atomic E-state index is 0.349. The Hall–Kier alpha value is -2.25. The van der Waals surface area contributed by atoms with Crippen LogP contribution >= 0.6 is 27.7 Å². The number of carboxylic acids is 1. The van der Waals surface area contributed by atoms with Crippen LogP contribution in [-0.2, 0) is 16.0 Å². The summed E-state index contributed by atoms with van der Waals surface area (Å²) < 4.78 is 11.3. The van der Waals surface area contributed by atoms with Gasteiger partial charge in [0.1, 0.15) is 12.0 Å². The zero-order chi connectivity index (χ0) is 20.9. The van der Waals surface area contributed by atoms with Gasteiger partial charge in [0.15, 0.2) is 13.0 Å². The number of nitrogens with zero attached hydrogens (tertiary/aromatic N) is 1. The van der Waals surface area contributed by atoms with Gasteiger partial charge in [-0.1, -0.05) is 41.4 Å². The van der Waals surface area contributed by atoms with Gasteiger partial charge in [-0.15, -0.1) is 11.8 Å². The number of aromatic nitrogens is 1. The first kappa shape index (κ1) is 21.5. The summed E-state index contributed by atoms with van der Waals surface area (Å²) in [6.45, 7) is 3.85. The summed E-state index contributed by atoms with van der Waals surface area (Å²) in [4.78, 5) is 16.3. The number of rotatable bonds is 9. The fourth-order valence-corrected chi connectivity index (χ4v) is 4.75. The molecule has 0 radical (unpaired) electrons. The third-order valence-electron chi connectivity index (χ3n) is 4.52. The number of carbonyl (C=O) groups is 1. The first-order valence-electron chi connectivity index (χ1n) is 9.23. The molecule has 5 nitrogen and oxygen atoms in total. The zero-order valence-corrected chi connectivity index (χ0v) is 18.6. The van der Waals surface area contributed by atoms with Crippen molar-refractivity contribution >= 4 is 33.7 Å². The minimum Gasteiger partial charge on any atom is -0.482 e. The highest BCUT2D eigenvalue weighted by Crippen LogP contribution is 2.47. The molecule has 0 aliphatic heterocycles. The Morgan fingerprint density at radius 3 is 2.79 bits per heavy atom. The first-order valence-corrected chi connectivity index (χ1v) is 10.8. The molecule has 3 aromatic rings. The van der Waals surface area contributed by atoms with Crippen LogP contribution in [0.4, 0.5) is 0 Å². The van der Waals surface area contributed by atoms with E-state index in [0.717, 1.165) is 39.0 Å². The molecule has 152 valence electrons. The minimum atomic E-state index is -0.987. The van der Waals surface area contributed by atoms with Gasteiger partial charge in [0.25, 0.3) is 0 Å². The number of ether oxygens (including phenoxy) is 1. The summed E-state index contributed by atoms with van der Waals surface area (Å²) in [6.07, 6.45) is 4.85. The molecule has 29 heavy (non-hydrogen) atoms. The lowest BCUT2D eigenvalue weighted by Crippen LogP contribution is -2.20. The van der Waals surface area contributed by atoms with E-state index in [4.69, 9.17) is 14.3 Å². The van der Waals surface area contributed by atoms with Gasteiger partial charge < -0.3 is 14.3 Å². The lowest BCUT2D eigenvalue weighted by Gasteiger charge is -2.28. The maximum Gasteiger partial charge on any atom is 0.341 e. The maximum absolute atomic E-state index is 10.9. The van der Waals surface area contributed by atoms with Crippen LogP contribution in [0.15, 0.2) is 68.9 Å². The molecule has 0 aliphatic rings. The van der Waals surface area contributed by atoms with Crippen molar-refractivity contribution in [3.63, 3.8) is 0 Å². The summed E-state index contributed by atoms with van der Waals surface area (Å²) in [5, 5.41) is 8.91. The van der Waals surface area contributed by atoms with Gasteiger partial charge in [-0.05, 0) is 54.8 Å². The number of oxazole rings is 1. The van der Waals surface area contributed by atoms with E-state index in [9.17, 15) is 4.79 Å². The molecule has 1 unspecified atom stereocenters. The van der Waals surface area contributed by atoms with E-state index in [0.29, 0.717) is 5.75 Å². The topological polar surface area (TPSA) is 72.6 Å². The summed E-state index contributed by atoms with van der Waals surface area (Å²) in [5.41, 5.74) is 2.91. The molecule has 1 N–H and O–H groups in total. The normalized spacial score (nSPS) is 13.1. The molecule has 0 bridgehead atoms. The van der Waals surface area contributed by atoms with Crippen molar-refractivity contribution in [2.24, 2.45) is 0 Å². The fraction of sp³-hybridized carbons (Fsp3) is 0.273. The molecule has 7 heteroatoms. The quantitative estimate of drug-likeness (QED) is 0.387. The van der Waals surface area contributed by atoms with Gasteiger partial charge in [0.2, 0.25) is 0 Å². The molecule has 0 saturated heterocycles. The molecular weight excluding hydrogens is 454 g/mol. The molecule has 0 aliphatic carbocycles. The molecule has 0 fully saturated rings. The monoisotopic (exact) mass is 475 g/mol. The Kier molecular flexibility index (Phi) is 7.03. The Labute approximate surface area is 182 Å². The van der Waals surface area contributed by atoms with E-state index in [1.165, 1.54) is 6.39 Å². The summed E-state index contributed by atoms with van der Waals surface area (Å²) >= 11 is 5.22. The Balaban J connectivity index is 1.97. The van der Waals surface area contributed by atoms with Crippen LogP contribution in [-0.4, -0.2) is 22.7 Å². The molecule has 0 spiro atoms. The number of hydrogen-bond acceptors (Lipinski definition) is 5. The van der Waals surface area contributed by atoms with Gasteiger partial charge in [-0.2, -0.15) is 0 Å². The number of hydrogen-bond donors (Lipinski definition) is 1. The molecule has 0 saturated carbocycles. The SMILES string of the molecule is CCCc1cc(SC(C)(c2cccc(Br)c2)c2cocn2)ccc1OCC(=O)O. The number of thioether (sulfide) groups is 1. The molecule has 1 heterocycles. The molecule has 1 aromatic heterocycles. The highest BCUT2D eigenvalue weighted by molar-refractivity contribution is 9.10. The van der Waals surface area contributed by atoms with Crippen LogP contribution in [0, 0.1) is 0 Å². The van der Waals surface area contributed by atoms with Gasteiger partial charge in [-0.3, -0.25) is 0 Å². The average Bonchev–Trinajstić information content (AvgIpc) is 3.23. The maximum atomic E-state index is 10.9. The van der Waals surface area contributed by atoms with E-state index in [2.05, 4.69) is 53.0 Å². The van der Waals surface area contributed by atoms with Crippen LogP contribution in [0.25, 0.3) is 0 Å². The number of benzene rings is 2. The third kappa shape index (κ3) is 5.22. The first-order chi connectivity index (χ1) is 13.9. The average molecular weight is 476 g/mol. The smallest absolute Gasteiger partial charge is 0.341 e. The van der Waals surface area contributed by atoms with Crippen molar-refractivity contribution in [1.82, 2.24) is 4.98 Å². The van der Waals surface area contributed by atoms with Crippen LogP contribution < -0.4 is 4.74 Å². The van der Waals surface area contributed by atoms with Crippen molar-refractivity contribution in [2.45, 2.75) is 36.3 Å². The van der Waals surface area contributed by atoms with Crippen molar-refractivity contribution in [3.8, 4) is 5.75 Å². The van der Waals surface area contributed by atoms with Gasteiger partial charge >= 0.3 is 5.97 Å². The zero-order valence-electron chi connectivity index (χ0n) is 16.2. The van der Waals surface area contributed by atoms with Crippen LogP contribution in [0.1, 0.15) is 37.1 Å². The Bertz CT molecular complexity index is 977. The van der Waals surface area contributed by atoms with Crippen LogP contribution in [0.3, 0.4) is 0 Å². The van der Waals surface area contributed by atoms with Crippen LogP contribution in [0.5, 0.6) is 5.75 Å².